The summed E-state index contributed by atoms with van der Waals surface area (Å²) < 4.78 is 10.4. The minimum atomic E-state index is 0.416. The van der Waals surface area contributed by atoms with Crippen LogP contribution in [0.15, 0.2) is 18.3 Å². The maximum atomic E-state index is 5.80. The summed E-state index contributed by atoms with van der Waals surface area (Å²) in [5, 5.41) is 0.416. The molecule has 0 spiro atoms. The lowest BCUT2D eigenvalue weighted by Gasteiger charge is -2.06. The Morgan fingerprint density at radius 2 is 2.14 bits per heavy atom. The summed E-state index contributed by atoms with van der Waals surface area (Å²) in [5.74, 6) is 0.645. The molecule has 0 fully saturated rings. The van der Waals surface area contributed by atoms with E-state index in [0.717, 1.165) is 19.4 Å². The van der Waals surface area contributed by atoms with Crippen LogP contribution >= 0.6 is 11.6 Å². The summed E-state index contributed by atoms with van der Waals surface area (Å²) in [4.78, 5) is 3.91. The summed E-state index contributed by atoms with van der Waals surface area (Å²) in [6, 6.07) is 3.61. The molecular weight excluding hydrogens is 202 g/mol. The molecule has 0 atom stereocenters. The molecule has 0 saturated heterocycles. The van der Waals surface area contributed by atoms with E-state index in [2.05, 4.69) is 4.98 Å². The molecule has 0 N–H and O–H groups in total. The Morgan fingerprint density at radius 3 is 2.86 bits per heavy atom. The second-order valence-corrected chi connectivity index (χ2v) is 3.20. The number of ether oxygens (including phenoxy) is 2. The van der Waals surface area contributed by atoms with Crippen molar-refractivity contribution in [3.05, 3.63) is 23.5 Å². The maximum Gasteiger partial charge on any atom is 0.171 e. The van der Waals surface area contributed by atoms with Gasteiger partial charge in [-0.1, -0.05) is 11.6 Å². The molecule has 0 saturated carbocycles. The third kappa shape index (κ3) is 3.94. The van der Waals surface area contributed by atoms with Crippen LogP contribution in [0, 0.1) is 0 Å². The number of unbranched alkanes of at least 4 members (excludes halogenated alkanes) is 1. The molecule has 1 heterocycles. The second-order valence-electron chi connectivity index (χ2n) is 2.84. The number of aromatic nitrogens is 1. The highest BCUT2D eigenvalue weighted by Gasteiger charge is 1.99. The van der Waals surface area contributed by atoms with Gasteiger partial charge in [-0.25, -0.2) is 4.98 Å². The Labute approximate surface area is 89.0 Å². The SMILES string of the molecule is COCCCCOc1cccnc1Cl. The van der Waals surface area contributed by atoms with Gasteiger partial charge >= 0.3 is 0 Å². The lowest BCUT2D eigenvalue weighted by Crippen LogP contribution is -2.00. The van der Waals surface area contributed by atoms with Crippen molar-refractivity contribution in [2.45, 2.75) is 12.8 Å². The molecule has 1 aromatic heterocycles. The molecule has 1 aromatic rings. The van der Waals surface area contributed by atoms with E-state index in [-0.39, 0.29) is 0 Å². The van der Waals surface area contributed by atoms with Gasteiger partial charge < -0.3 is 9.47 Å². The largest absolute Gasteiger partial charge is 0.490 e. The van der Waals surface area contributed by atoms with Gasteiger partial charge in [-0.15, -0.1) is 0 Å². The van der Waals surface area contributed by atoms with Gasteiger partial charge in [-0.2, -0.15) is 0 Å². The van der Waals surface area contributed by atoms with Crippen LogP contribution in [0.3, 0.4) is 0 Å². The normalized spacial score (nSPS) is 10.1. The molecule has 14 heavy (non-hydrogen) atoms. The molecule has 0 aliphatic rings. The molecule has 4 heteroatoms. The average Bonchev–Trinajstić information content (AvgIpc) is 2.20. The Balaban J connectivity index is 2.21. The molecule has 0 unspecified atom stereocenters. The third-order valence-corrected chi connectivity index (χ3v) is 2.01. The molecule has 0 radical (unpaired) electrons. The predicted molar refractivity (Wildman–Crippen MR) is 55.9 cm³/mol. The summed E-state index contributed by atoms with van der Waals surface area (Å²) in [6.07, 6.45) is 3.59. The van der Waals surface area contributed by atoms with Crippen LogP contribution in [0.4, 0.5) is 0 Å². The first-order valence-electron chi connectivity index (χ1n) is 4.57. The molecular formula is C10H14ClNO2. The van der Waals surface area contributed by atoms with Gasteiger partial charge in [0.25, 0.3) is 0 Å². The average molecular weight is 216 g/mol. The lowest BCUT2D eigenvalue weighted by molar-refractivity contribution is 0.184. The zero-order chi connectivity index (χ0) is 10.2. The van der Waals surface area contributed by atoms with E-state index in [1.165, 1.54) is 0 Å². The van der Waals surface area contributed by atoms with Gasteiger partial charge in [-0.3, -0.25) is 0 Å². The van der Waals surface area contributed by atoms with Gasteiger partial charge in [0, 0.05) is 19.9 Å². The Morgan fingerprint density at radius 1 is 1.36 bits per heavy atom. The Kier molecular flexibility index (Phi) is 5.33. The molecule has 1 rings (SSSR count). The quantitative estimate of drug-likeness (QED) is 0.540. The monoisotopic (exact) mass is 215 g/mol. The fourth-order valence-corrected chi connectivity index (χ4v) is 1.18. The number of halogens is 1. The number of methoxy groups -OCH3 is 1. The first-order valence-corrected chi connectivity index (χ1v) is 4.94. The minimum absolute atomic E-state index is 0.416. The topological polar surface area (TPSA) is 31.4 Å². The van der Waals surface area contributed by atoms with Gasteiger partial charge in [-0.05, 0) is 25.0 Å². The lowest BCUT2D eigenvalue weighted by atomic mass is 10.3. The van der Waals surface area contributed by atoms with Crippen molar-refractivity contribution in [2.75, 3.05) is 20.3 Å². The molecule has 0 aliphatic heterocycles. The number of nitrogens with zero attached hydrogens (tertiary/aromatic N) is 1. The number of rotatable bonds is 6. The zero-order valence-electron chi connectivity index (χ0n) is 8.20. The maximum absolute atomic E-state index is 5.80. The number of hydrogen-bond donors (Lipinski definition) is 0. The summed E-state index contributed by atoms with van der Waals surface area (Å²) in [6.45, 7) is 1.42. The zero-order valence-corrected chi connectivity index (χ0v) is 8.96. The molecule has 0 amide bonds. The van der Waals surface area contributed by atoms with Crippen molar-refractivity contribution in [1.82, 2.24) is 4.98 Å². The fourth-order valence-electron chi connectivity index (χ4n) is 1.01. The highest BCUT2D eigenvalue weighted by atomic mass is 35.5. The number of pyridine rings is 1. The summed E-state index contributed by atoms with van der Waals surface area (Å²) in [5.41, 5.74) is 0. The van der Waals surface area contributed by atoms with Crippen LogP contribution in [-0.4, -0.2) is 25.3 Å². The first-order chi connectivity index (χ1) is 6.84. The van der Waals surface area contributed by atoms with E-state index in [1.807, 2.05) is 6.07 Å². The van der Waals surface area contributed by atoms with Crippen molar-refractivity contribution in [1.29, 1.82) is 0 Å². The fraction of sp³-hybridized carbons (Fsp3) is 0.500. The van der Waals surface area contributed by atoms with Gasteiger partial charge in [0.15, 0.2) is 10.9 Å². The van der Waals surface area contributed by atoms with E-state index in [0.29, 0.717) is 17.5 Å². The highest BCUT2D eigenvalue weighted by Crippen LogP contribution is 2.20. The van der Waals surface area contributed by atoms with Crippen LogP contribution in [0.25, 0.3) is 0 Å². The minimum Gasteiger partial charge on any atom is -0.490 e. The summed E-state index contributed by atoms with van der Waals surface area (Å²) in [7, 11) is 1.69. The van der Waals surface area contributed by atoms with Crippen LogP contribution < -0.4 is 4.74 Å². The van der Waals surface area contributed by atoms with Crippen molar-refractivity contribution in [2.24, 2.45) is 0 Å². The van der Waals surface area contributed by atoms with E-state index in [9.17, 15) is 0 Å². The summed E-state index contributed by atoms with van der Waals surface area (Å²) >= 11 is 5.80. The second kappa shape index (κ2) is 6.62. The van der Waals surface area contributed by atoms with E-state index in [1.54, 1.807) is 19.4 Å². The van der Waals surface area contributed by atoms with Crippen molar-refractivity contribution >= 4 is 11.6 Å². The van der Waals surface area contributed by atoms with Crippen LogP contribution in [0.1, 0.15) is 12.8 Å². The van der Waals surface area contributed by atoms with Crippen molar-refractivity contribution in [3.8, 4) is 5.75 Å². The van der Waals surface area contributed by atoms with Gasteiger partial charge in [0.1, 0.15) is 0 Å². The van der Waals surface area contributed by atoms with Gasteiger partial charge in [0.2, 0.25) is 0 Å². The van der Waals surface area contributed by atoms with Gasteiger partial charge in [0.05, 0.1) is 6.61 Å². The highest BCUT2D eigenvalue weighted by molar-refractivity contribution is 6.30. The standard InChI is InChI=1S/C10H14ClNO2/c1-13-7-2-3-8-14-9-5-4-6-12-10(9)11/h4-6H,2-3,7-8H2,1H3. The molecule has 0 aromatic carbocycles. The Hall–Kier alpha value is -0.800. The molecule has 3 nitrogen and oxygen atoms in total. The molecule has 0 bridgehead atoms. The molecule has 0 aliphatic carbocycles. The number of hydrogen-bond acceptors (Lipinski definition) is 3. The van der Waals surface area contributed by atoms with E-state index >= 15 is 0 Å². The van der Waals surface area contributed by atoms with Crippen molar-refractivity contribution in [3.63, 3.8) is 0 Å². The first kappa shape index (κ1) is 11.3. The van der Waals surface area contributed by atoms with Crippen LogP contribution in [0.2, 0.25) is 5.15 Å². The van der Waals surface area contributed by atoms with Crippen LogP contribution in [-0.2, 0) is 4.74 Å². The van der Waals surface area contributed by atoms with E-state index < -0.39 is 0 Å². The van der Waals surface area contributed by atoms with E-state index in [4.69, 9.17) is 21.1 Å². The van der Waals surface area contributed by atoms with Crippen LogP contribution in [0.5, 0.6) is 5.75 Å². The molecule has 78 valence electrons. The predicted octanol–water partition coefficient (Wildman–Crippen LogP) is 2.54. The smallest absolute Gasteiger partial charge is 0.171 e. The van der Waals surface area contributed by atoms with Crippen molar-refractivity contribution < 1.29 is 9.47 Å². The Bertz CT molecular complexity index is 268. The third-order valence-electron chi connectivity index (χ3n) is 1.73.